The normalized spacial score (nSPS) is 17.1. The molecule has 0 fully saturated rings. The lowest BCUT2D eigenvalue weighted by atomic mass is 10.0. The van der Waals surface area contributed by atoms with Gasteiger partial charge in [-0.25, -0.2) is 0 Å². The van der Waals surface area contributed by atoms with Crippen LogP contribution < -0.4 is 5.19 Å². The summed E-state index contributed by atoms with van der Waals surface area (Å²) in [5, 5.41) is 3.38. The van der Waals surface area contributed by atoms with Crippen molar-refractivity contribution in [3.05, 3.63) is 47.7 Å². The molecule has 1 aliphatic heterocycles. The molecule has 2 rings (SSSR count). The summed E-state index contributed by atoms with van der Waals surface area (Å²) in [5.74, 6) is 0. The summed E-state index contributed by atoms with van der Waals surface area (Å²) in [6.07, 6.45) is 5.60. The van der Waals surface area contributed by atoms with E-state index < -0.39 is 8.07 Å². The monoisotopic (exact) mass is 242 g/mol. The first-order valence-electron chi connectivity index (χ1n) is 6.56. The van der Waals surface area contributed by atoms with Crippen LogP contribution in [0, 0.1) is 0 Å². The van der Waals surface area contributed by atoms with E-state index in [0.717, 1.165) is 6.42 Å². The number of hydrogen-bond acceptors (Lipinski definition) is 0. The Labute approximate surface area is 106 Å². The SMILES string of the molecule is C=CCC1=C(CCC)[Si](C)(C)c2ccccc21. The van der Waals surface area contributed by atoms with E-state index >= 15 is 0 Å². The largest absolute Gasteiger partial charge is 0.108 e. The molecule has 90 valence electrons. The van der Waals surface area contributed by atoms with Crippen molar-refractivity contribution in [1.82, 2.24) is 0 Å². The quantitative estimate of drug-likeness (QED) is 0.546. The minimum Gasteiger partial charge on any atom is -0.103 e. The fraction of sp³-hybridized carbons (Fsp3) is 0.375. The average Bonchev–Trinajstić information content (AvgIpc) is 2.52. The van der Waals surface area contributed by atoms with E-state index in [4.69, 9.17) is 0 Å². The van der Waals surface area contributed by atoms with Crippen LogP contribution in [0.3, 0.4) is 0 Å². The predicted molar refractivity (Wildman–Crippen MR) is 80.2 cm³/mol. The number of hydrogen-bond donors (Lipinski definition) is 0. The van der Waals surface area contributed by atoms with Crippen LogP contribution >= 0.6 is 0 Å². The van der Waals surface area contributed by atoms with E-state index in [1.807, 2.05) is 0 Å². The maximum absolute atomic E-state index is 3.92. The van der Waals surface area contributed by atoms with Crippen molar-refractivity contribution in [2.24, 2.45) is 0 Å². The molecule has 0 N–H and O–H groups in total. The lowest BCUT2D eigenvalue weighted by Crippen LogP contribution is -2.41. The van der Waals surface area contributed by atoms with Crippen LogP contribution in [-0.2, 0) is 0 Å². The molecule has 1 heteroatoms. The van der Waals surface area contributed by atoms with E-state index in [2.05, 4.69) is 56.9 Å². The van der Waals surface area contributed by atoms with Crippen LogP contribution in [0.4, 0.5) is 0 Å². The molecule has 17 heavy (non-hydrogen) atoms. The van der Waals surface area contributed by atoms with Crippen molar-refractivity contribution in [3.8, 4) is 0 Å². The van der Waals surface area contributed by atoms with Gasteiger partial charge < -0.3 is 0 Å². The third-order valence-electron chi connectivity index (χ3n) is 3.89. The summed E-state index contributed by atoms with van der Waals surface area (Å²) in [7, 11) is -1.38. The molecule has 0 amide bonds. The molecule has 0 radical (unpaired) electrons. The highest BCUT2D eigenvalue weighted by atomic mass is 28.3. The highest BCUT2D eigenvalue weighted by molar-refractivity contribution is 6.98. The van der Waals surface area contributed by atoms with E-state index in [-0.39, 0.29) is 0 Å². The minimum atomic E-state index is -1.38. The first kappa shape index (κ1) is 12.4. The molecule has 0 aliphatic carbocycles. The Balaban J connectivity index is 2.59. The number of fused-ring (bicyclic) bond motifs is 1. The minimum absolute atomic E-state index is 1.03. The molecule has 0 bridgehead atoms. The van der Waals surface area contributed by atoms with E-state index in [9.17, 15) is 0 Å². The van der Waals surface area contributed by atoms with Gasteiger partial charge in [0.05, 0.1) is 0 Å². The lowest BCUT2D eigenvalue weighted by Gasteiger charge is -2.22. The standard InChI is InChI=1S/C16H22Si/c1-5-9-13-14-11-7-8-12-16(14)17(3,4)15(13)10-6-2/h5,7-8,11-12H,1,6,9-10H2,2-4H3. The van der Waals surface area contributed by atoms with Gasteiger partial charge in [-0.3, -0.25) is 0 Å². The average molecular weight is 242 g/mol. The van der Waals surface area contributed by atoms with Gasteiger partial charge in [-0.15, -0.1) is 6.58 Å². The van der Waals surface area contributed by atoms with Crippen LogP contribution in [0.5, 0.6) is 0 Å². The summed E-state index contributed by atoms with van der Waals surface area (Å²) in [4.78, 5) is 0. The van der Waals surface area contributed by atoms with Crippen LogP contribution in [0.15, 0.2) is 42.1 Å². The van der Waals surface area contributed by atoms with Crippen molar-refractivity contribution >= 4 is 18.8 Å². The van der Waals surface area contributed by atoms with Gasteiger partial charge in [0.2, 0.25) is 0 Å². The van der Waals surface area contributed by atoms with Gasteiger partial charge in [0.15, 0.2) is 0 Å². The van der Waals surface area contributed by atoms with Crippen LogP contribution in [0.2, 0.25) is 13.1 Å². The van der Waals surface area contributed by atoms with E-state index in [1.165, 1.54) is 18.4 Å². The third kappa shape index (κ3) is 1.93. The molecule has 1 heterocycles. The molecule has 0 spiro atoms. The van der Waals surface area contributed by atoms with Gasteiger partial charge in [-0.1, -0.05) is 62.0 Å². The lowest BCUT2D eigenvalue weighted by molar-refractivity contribution is 0.938. The highest BCUT2D eigenvalue weighted by Gasteiger charge is 2.37. The topological polar surface area (TPSA) is 0 Å². The Morgan fingerprint density at radius 1 is 1.24 bits per heavy atom. The second kappa shape index (κ2) is 4.65. The molecule has 0 atom stereocenters. The Bertz CT molecular complexity index is 466. The fourth-order valence-electron chi connectivity index (χ4n) is 3.08. The molecule has 0 saturated carbocycles. The summed E-state index contributed by atoms with van der Waals surface area (Å²) >= 11 is 0. The second-order valence-electron chi connectivity index (χ2n) is 5.37. The zero-order chi connectivity index (χ0) is 12.5. The van der Waals surface area contributed by atoms with Gasteiger partial charge in [0.1, 0.15) is 8.07 Å². The van der Waals surface area contributed by atoms with Gasteiger partial charge >= 0.3 is 0 Å². The summed E-state index contributed by atoms with van der Waals surface area (Å²) < 4.78 is 0. The molecule has 0 saturated heterocycles. The van der Waals surface area contributed by atoms with E-state index in [0.29, 0.717) is 0 Å². The Morgan fingerprint density at radius 2 is 1.94 bits per heavy atom. The van der Waals surface area contributed by atoms with Crippen molar-refractivity contribution in [3.63, 3.8) is 0 Å². The molecule has 0 nitrogen and oxygen atoms in total. The first-order valence-corrected chi connectivity index (χ1v) is 9.56. The maximum atomic E-state index is 3.92. The van der Waals surface area contributed by atoms with Gasteiger partial charge in [0, 0.05) is 0 Å². The van der Waals surface area contributed by atoms with Crippen LogP contribution in [0.25, 0.3) is 5.57 Å². The zero-order valence-electron chi connectivity index (χ0n) is 11.2. The Morgan fingerprint density at radius 3 is 2.59 bits per heavy atom. The van der Waals surface area contributed by atoms with Gasteiger partial charge in [-0.05, 0) is 29.2 Å². The molecule has 1 aromatic rings. The van der Waals surface area contributed by atoms with Crippen molar-refractivity contribution in [1.29, 1.82) is 0 Å². The van der Waals surface area contributed by atoms with Gasteiger partial charge in [-0.2, -0.15) is 0 Å². The summed E-state index contributed by atoms with van der Waals surface area (Å²) in [5.41, 5.74) is 3.08. The van der Waals surface area contributed by atoms with Crippen LogP contribution in [0.1, 0.15) is 31.7 Å². The highest BCUT2D eigenvalue weighted by Crippen LogP contribution is 2.37. The maximum Gasteiger partial charge on any atom is 0.108 e. The number of allylic oxidation sites excluding steroid dienone is 3. The zero-order valence-corrected chi connectivity index (χ0v) is 12.2. The fourth-order valence-corrected chi connectivity index (χ4v) is 6.70. The molecule has 0 aromatic heterocycles. The molecule has 1 aromatic carbocycles. The van der Waals surface area contributed by atoms with E-state index in [1.54, 1.807) is 16.0 Å². The predicted octanol–water partition coefficient (Wildman–Crippen LogP) is 4.28. The molecular weight excluding hydrogens is 220 g/mol. The molecule has 1 aliphatic rings. The molecule has 0 unspecified atom stereocenters. The van der Waals surface area contributed by atoms with Crippen molar-refractivity contribution < 1.29 is 0 Å². The first-order chi connectivity index (χ1) is 8.12. The summed E-state index contributed by atoms with van der Waals surface area (Å²) in [6.45, 7) is 11.2. The Hall–Kier alpha value is -1.08. The summed E-state index contributed by atoms with van der Waals surface area (Å²) in [6, 6.07) is 8.99. The van der Waals surface area contributed by atoms with Gasteiger partial charge in [0.25, 0.3) is 0 Å². The smallest absolute Gasteiger partial charge is 0.103 e. The number of benzene rings is 1. The Kier molecular flexibility index (Phi) is 3.39. The van der Waals surface area contributed by atoms with Crippen molar-refractivity contribution in [2.45, 2.75) is 39.3 Å². The van der Waals surface area contributed by atoms with Crippen LogP contribution in [-0.4, -0.2) is 8.07 Å². The number of rotatable bonds is 4. The van der Waals surface area contributed by atoms with Crippen molar-refractivity contribution in [2.75, 3.05) is 0 Å². The third-order valence-corrected chi connectivity index (χ3v) is 7.74. The molecular formula is C16H22Si. The second-order valence-corrected chi connectivity index (χ2v) is 9.76.